The van der Waals surface area contributed by atoms with Crippen LogP contribution in [0.5, 0.6) is 0 Å². The summed E-state index contributed by atoms with van der Waals surface area (Å²) in [6, 6.07) is 61.4. The summed E-state index contributed by atoms with van der Waals surface area (Å²) in [5.41, 5.74) is 12.0. The third-order valence-corrected chi connectivity index (χ3v) is 8.91. The van der Waals surface area contributed by atoms with E-state index in [1.807, 2.05) is 0 Å². The molecule has 2 nitrogen and oxygen atoms in total. The highest BCUT2D eigenvalue weighted by Crippen LogP contribution is 2.40. The van der Waals surface area contributed by atoms with Crippen LogP contribution in [0.25, 0.3) is 77.2 Å². The molecule has 0 aliphatic heterocycles. The van der Waals surface area contributed by atoms with Crippen LogP contribution >= 0.6 is 0 Å². The zero-order valence-corrected chi connectivity index (χ0v) is 24.1. The van der Waals surface area contributed by atoms with E-state index in [9.17, 15) is 0 Å². The summed E-state index contributed by atoms with van der Waals surface area (Å²) in [5.74, 6) is 0. The van der Waals surface area contributed by atoms with E-state index in [1.54, 1.807) is 0 Å². The standard InChI is InChI=1S/C42H28N2/c1-4-12-29(13-5-1)31-20-23-34(24-21-31)43-39-19-11-10-18-35(39)37-27-38-36-25-22-32(30-14-6-2-7-15-30)26-40(36)44(42(38)28-41(37)43)33-16-8-3-9-17-33/h1-28H. The minimum atomic E-state index is 1.16. The zero-order valence-electron chi connectivity index (χ0n) is 24.1. The van der Waals surface area contributed by atoms with Crippen LogP contribution in [0.1, 0.15) is 0 Å². The molecule has 0 spiro atoms. The van der Waals surface area contributed by atoms with E-state index in [1.165, 1.54) is 65.9 Å². The van der Waals surface area contributed by atoms with Gasteiger partial charge in [0.05, 0.1) is 22.1 Å². The SMILES string of the molecule is c1ccc(-c2ccc(-n3c4ccccc4c4cc5c6ccc(-c7ccccc7)cc6n(-c6ccccc6)c5cc43)cc2)cc1. The molecule has 2 aromatic heterocycles. The first-order valence-corrected chi connectivity index (χ1v) is 15.1. The minimum absolute atomic E-state index is 1.16. The van der Waals surface area contributed by atoms with Crippen LogP contribution in [0.15, 0.2) is 170 Å². The molecule has 7 aromatic carbocycles. The molecule has 0 amide bonds. The van der Waals surface area contributed by atoms with Crippen LogP contribution in [-0.4, -0.2) is 9.13 Å². The van der Waals surface area contributed by atoms with E-state index < -0.39 is 0 Å². The number of benzene rings is 7. The molecule has 2 heterocycles. The van der Waals surface area contributed by atoms with Gasteiger partial charge in [-0.15, -0.1) is 0 Å². The van der Waals surface area contributed by atoms with Gasteiger partial charge in [0.25, 0.3) is 0 Å². The molecule has 0 bridgehead atoms. The van der Waals surface area contributed by atoms with Crippen molar-refractivity contribution in [2.45, 2.75) is 0 Å². The van der Waals surface area contributed by atoms with Gasteiger partial charge in [-0.3, -0.25) is 0 Å². The molecule has 206 valence electrons. The largest absolute Gasteiger partial charge is 0.309 e. The van der Waals surface area contributed by atoms with Crippen LogP contribution in [0.3, 0.4) is 0 Å². The number of aromatic nitrogens is 2. The third-order valence-electron chi connectivity index (χ3n) is 8.91. The number of hydrogen-bond donors (Lipinski definition) is 0. The van der Waals surface area contributed by atoms with Crippen LogP contribution in [0.4, 0.5) is 0 Å². The van der Waals surface area contributed by atoms with Crippen molar-refractivity contribution in [2.75, 3.05) is 0 Å². The predicted octanol–water partition coefficient (Wildman–Crippen LogP) is 11.2. The molecular weight excluding hydrogens is 532 g/mol. The summed E-state index contributed by atoms with van der Waals surface area (Å²) in [4.78, 5) is 0. The van der Waals surface area contributed by atoms with Gasteiger partial charge in [-0.25, -0.2) is 0 Å². The fourth-order valence-electron chi connectivity index (χ4n) is 6.86. The van der Waals surface area contributed by atoms with Crippen molar-refractivity contribution in [2.24, 2.45) is 0 Å². The van der Waals surface area contributed by atoms with Crippen molar-refractivity contribution in [1.82, 2.24) is 9.13 Å². The minimum Gasteiger partial charge on any atom is -0.309 e. The van der Waals surface area contributed by atoms with E-state index in [-0.39, 0.29) is 0 Å². The van der Waals surface area contributed by atoms with Crippen LogP contribution in [0, 0.1) is 0 Å². The molecule has 0 N–H and O–H groups in total. The van der Waals surface area contributed by atoms with E-state index in [4.69, 9.17) is 0 Å². The van der Waals surface area contributed by atoms with Crippen molar-refractivity contribution >= 4 is 43.6 Å². The highest BCUT2D eigenvalue weighted by atomic mass is 15.0. The maximum absolute atomic E-state index is 2.43. The van der Waals surface area contributed by atoms with Crippen molar-refractivity contribution in [3.8, 4) is 33.6 Å². The normalized spacial score (nSPS) is 11.6. The lowest BCUT2D eigenvalue weighted by Crippen LogP contribution is -1.96. The number of nitrogens with zero attached hydrogens (tertiary/aromatic N) is 2. The van der Waals surface area contributed by atoms with Gasteiger partial charge in [0.1, 0.15) is 0 Å². The Labute approximate surface area is 255 Å². The van der Waals surface area contributed by atoms with E-state index >= 15 is 0 Å². The number of rotatable bonds is 4. The number of para-hydroxylation sites is 2. The van der Waals surface area contributed by atoms with E-state index in [2.05, 4.69) is 179 Å². The fraction of sp³-hybridized carbons (Fsp3) is 0. The van der Waals surface area contributed by atoms with Crippen LogP contribution in [-0.2, 0) is 0 Å². The Balaban J connectivity index is 1.35. The van der Waals surface area contributed by atoms with Gasteiger partial charge in [0, 0.05) is 32.9 Å². The summed E-state index contributed by atoms with van der Waals surface area (Å²) in [5, 5.41) is 5.05. The smallest absolute Gasteiger partial charge is 0.0562 e. The van der Waals surface area contributed by atoms with Gasteiger partial charge in [-0.1, -0.05) is 121 Å². The van der Waals surface area contributed by atoms with Gasteiger partial charge in [0.2, 0.25) is 0 Å². The summed E-state index contributed by atoms with van der Waals surface area (Å²) < 4.78 is 4.85. The van der Waals surface area contributed by atoms with Crippen LogP contribution < -0.4 is 0 Å². The van der Waals surface area contributed by atoms with Crippen molar-refractivity contribution in [1.29, 1.82) is 0 Å². The van der Waals surface area contributed by atoms with E-state index in [0.717, 1.165) is 11.4 Å². The molecule has 0 unspecified atom stereocenters. The summed E-state index contributed by atoms with van der Waals surface area (Å²) in [7, 11) is 0. The zero-order chi connectivity index (χ0) is 29.0. The number of fused-ring (bicyclic) bond motifs is 6. The summed E-state index contributed by atoms with van der Waals surface area (Å²) in [6.45, 7) is 0. The predicted molar refractivity (Wildman–Crippen MR) is 186 cm³/mol. The van der Waals surface area contributed by atoms with Crippen LogP contribution in [0.2, 0.25) is 0 Å². The molecule has 0 atom stereocenters. The molecular formula is C42H28N2. The second kappa shape index (κ2) is 9.86. The molecule has 9 rings (SSSR count). The molecule has 9 aromatic rings. The molecule has 0 saturated carbocycles. The first kappa shape index (κ1) is 24.7. The first-order valence-electron chi connectivity index (χ1n) is 15.1. The van der Waals surface area contributed by atoms with Gasteiger partial charge >= 0.3 is 0 Å². The Bertz CT molecular complexity index is 2450. The molecule has 0 aliphatic carbocycles. The van der Waals surface area contributed by atoms with Crippen molar-refractivity contribution < 1.29 is 0 Å². The molecule has 2 heteroatoms. The average molecular weight is 561 g/mol. The molecule has 0 aliphatic rings. The summed E-state index contributed by atoms with van der Waals surface area (Å²) in [6.07, 6.45) is 0. The highest BCUT2D eigenvalue weighted by Gasteiger charge is 2.19. The lowest BCUT2D eigenvalue weighted by molar-refractivity contribution is 1.16. The highest BCUT2D eigenvalue weighted by molar-refractivity contribution is 6.19. The molecule has 44 heavy (non-hydrogen) atoms. The Morgan fingerprint density at radius 3 is 1.39 bits per heavy atom. The second-order valence-corrected chi connectivity index (χ2v) is 11.4. The maximum atomic E-state index is 2.43. The van der Waals surface area contributed by atoms with E-state index in [0.29, 0.717) is 0 Å². The Morgan fingerprint density at radius 2 is 0.705 bits per heavy atom. The quantitative estimate of drug-likeness (QED) is 0.203. The second-order valence-electron chi connectivity index (χ2n) is 11.4. The van der Waals surface area contributed by atoms with Gasteiger partial charge in [0.15, 0.2) is 0 Å². The fourth-order valence-corrected chi connectivity index (χ4v) is 6.86. The van der Waals surface area contributed by atoms with Gasteiger partial charge < -0.3 is 9.13 Å². The average Bonchev–Trinajstić information content (AvgIpc) is 3.60. The molecule has 0 radical (unpaired) electrons. The Morgan fingerprint density at radius 1 is 0.250 bits per heavy atom. The topological polar surface area (TPSA) is 9.86 Å². The van der Waals surface area contributed by atoms with Gasteiger partial charge in [-0.05, 0) is 70.8 Å². The lowest BCUT2D eigenvalue weighted by atomic mass is 10.0. The first-order chi connectivity index (χ1) is 21.8. The molecule has 0 fully saturated rings. The molecule has 0 saturated heterocycles. The van der Waals surface area contributed by atoms with Crippen molar-refractivity contribution in [3.05, 3.63) is 170 Å². The van der Waals surface area contributed by atoms with Crippen molar-refractivity contribution in [3.63, 3.8) is 0 Å². The number of hydrogen-bond acceptors (Lipinski definition) is 0. The Hall–Kier alpha value is -5.86. The maximum Gasteiger partial charge on any atom is 0.0562 e. The van der Waals surface area contributed by atoms with Gasteiger partial charge in [-0.2, -0.15) is 0 Å². The lowest BCUT2D eigenvalue weighted by Gasteiger charge is -2.11. The Kier molecular flexibility index (Phi) is 5.54. The third kappa shape index (κ3) is 3.82. The monoisotopic (exact) mass is 560 g/mol. The summed E-state index contributed by atoms with van der Waals surface area (Å²) >= 11 is 0.